The third kappa shape index (κ3) is 3.24. The van der Waals surface area contributed by atoms with Gasteiger partial charge in [-0.2, -0.15) is 0 Å². The predicted molar refractivity (Wildman–Crippen MR) is 119 cm³/mol. The molecule has 1 fully saturated rings. The number of H-pyrrole nitrogens is 1. The van der Waals surface area contributed by atoms with E-state index in [2.05, 4.69) is 19.9 Å². The molecule has 0 aliphatic carbocycles. The van der Waals surface area contributed by atoms with Crippen molar-refractivity contribution in [3.63, 3.8) is 0 Å². The van der Waals surface area contributed by atoms with E-state index in [0.29, 0.717) is 32.9 Å². The zero-order valence-electron chi connectivity index (χ0n) is 16.2. The first-order chi connectivity index (χ1) is 14.5. The number of fused-ring (bicyclic) bond motifs is 2. The summed E-state index contributed by atoms with van der Waals surface area (Å²) in [7, 11) is 1.86. The van der Waals surface area contributed by atoms with Crippen molar-refractivity contribution in [2.75, 3.05) is 25.0 Å². The summed E-state index contributed by atoms with van der Waals surface area (Å²) in [4.78, 5) is 33.2. The summed E-state index contributed by atoms with van der Waals surface area (Å²) in [5.41, 5.74) is 2.75. The van der Waals surface area contributed by atoms with E-state index in [0.717, 1.165) is 42.4 Å². The van der Waals surface area contributed by atoms with E-state index >= 15 is 0 Å². The molecule has 7 nitrogen and oxygen atoms in total. The topological polar surface area (TPSA) is 78.0 Å². The quantitative estimate of drug-likeness (QED) is 0.494. The zero-order chi connectivity index (χ0) is 20.8. The highest BCUT2D eigenvalue weighted by atomic mass is 35.5. The van der Waals surface area contributed by atoms with Crippen LogP contribution in [0.4, 0.5) is 11.8 Å². The lowest BCUT2D eigenvalue weighted by atomic mass is 10.1. The predicted octanol–water partition coefficient (Wildman–Crippen LogP) is 4.82. The summed E-state index contributed by atoms with van der Waals surface area (Å²) in [5, 5.41) is 1.75. The molecule has 0 saturated carbocycles. The first kappa shape index (κ1) is 19.1. The summed E-state index contributed by atoms with van der Waals surface area (Å²) >= 11 is 12.6. The molecule has 0 unspecified atom stereocenters. The van der Waals surface area contributed by atoms with Crippen LogP contribution in [0.3, 0.4) is 0 Å². The Bertz CT molecular complexity index is 1280. The zero-order valence-corrected chi connectivity index (χ0v) is 17.7. The van der Waals surface area contributed by atoms with Gasteiger partial charge in [0.25, 0.3) is 5.91 Å². The largest absolute Gasteiger partial charge is 0.339 e. The maximum atomic E-state index is 12.8. The highest BCUT2D eigenvalue weighted by Crippen LogP contribution is 2.32. The number of hydrogen-bond acceptors (Lipinski definition) is 5. The van der Waals surface area contributed by atoms with E-state index in [1.165, 1.54) is 6.33 Å². The fraction of sp³-hybridized carbons (Fsp3) is 0.238. The number of carbonyl (C=O) groups is 1. The van der Waals surface area contributed by atoms with E-state index < -0.39 is 0 Å². The minimum Gasteiger partial charge on any atom is -0.339 e. The van der Waals surface area contributed by atoms with Crippen molar-refractivity contribution in [1.82, 2.24) is 24.8 Å². The van der Waals surface area contributed by atoms with Crippen LogP contribution in [-0.4, -0.2) is 50.9 Å². The summed E-state index contributed by atoms with van der Waals surface area (Å²) in [6.07, 6.45) is 3.53. The third-order valence-corrected chi connectivity index (χ3v) is 5.94. The highest BCUT2D eigenvalue weighted by molar-refractivity contribution is 6.35. The number of rotatable bonds is 3. The maximum Gasteiger partial charge on any atom is 0.255 e. The number of likely N-dealkylation sites (tertiary alicyclic amines) is 1. The number of hydrogen-bond donors (Lipinski definition) is 1. The van der Waals surface area contributed by atoms with Crippen LogP contribution in [0.2, 0.25) is 10.0 Å². The van der Waals surface area contributed by atoms with Crippen LogP contribution in [0.25, 0.3) is 21.9 Å². The van der Waals surface area contributed by atoms with Crippen LogP contribution < -0.4 is 4.90 Å². The van der Waals surface area contributed by atoms with Gasteiger partial charge in [0.05, 0.1) is 27.1 Å². The number of nitrogens with one attached hydrogen (secondary N) is 1. The number of imidazole rings is 1. The Balaban J connectivity index is 1.57. The first-order valence-electron chi connectivity index (χ1n) is 9.64. The molecule has 0 bridgehead atoms. The standard InChI is InChI=1S/C21H18Cl2N6O/c1-28(21-26-16-5-4-12(22)8-18(16)27-21)19-14-9-15(23)13(10-17(14)24-11-25-19)20(30)29-6-2-3-7-29/h4-5,8-11H,2-3,6-7H2,1H3,(H,26,27). The van der Waals surface area contributed by atoms with Gasteiger partial charge in [-0.3, -0.25) is 9.69 Å². The molecule has 0 atom stereocenters. The van der Waals surface area contributed by atoms with Crippen molar-refractivity contribution in [1.29, 1.82) is 0 Å². The first-order valence-corrected chi connectivity index (χ1v) is 10.4. The Labute approximate surface area is 182 Å². The fourth-order valence-corrected chi connectivity index (χ4v) is 4.22. The molecule has 1 aliphatic rings. The Morgan fingerprint density at radius 1 is 1.10 bits per heavy atom. The van der Waals surface area contributed by atoms with Crippen molar-refractivity contribution in [3.8, 4) is 0 Å². The molecule has 9 heteroatoms. The lowest BCUT2D eigenvalue weighted by molar-refractivity contribution is 0.0793. The van der Waals surface area contributed by atoms with Crippen LogP contribution in [0.1, 0.15) is 23.2 Å². The molecule has 152 valence electrons. The molecular weight excluding hydrogens is 423 g/mol. The average Bonchev–Trinajstić information content (AvgIpc) is 3.41. The van der Waals surface area contributed by atoms with Crippen molar-refractivity contribution in [3.05, 3.63) is 52.3 Å². The molecule has 1 saturated heterocycles. The van der Waals surface area contributed by atoms with Gasteiger partial charge in [-0.1, -0.05) is 23.2 Å². The van der Waals surface area contributed by atoms with Crippen molar-refractivity contribution in [2.24, 2.45) is 0 Å². The van der Waals surface area contributed by atoms with E-state index in [-0.39, 0.29) is 5.91 Å². The second-order valence-corrected chi connectivity index (χ2v) is 8.17. The second kappa shape index (κ2) is 7.41. The van der Waals surface area contributed by atoms with Crippen molar-refractivity contribution < 1.29 is 4.79 Å². The molecule has 1 N–H and O–H groups in total. The molecule has 1 amide bonds. The number of aromatic nitrogens is 4. The van der Waals surface area contributed by atoms with Crippen LogP contribution in [0.15, 0.2) is 36.7 Å². The maximum absolute atomic E-state index is 12.8. The van der Waals surface area contributed by atoms with Crippen LogP contribution in [0, 0.1) is 0 Å². The normalized spacial score (nSPS) is 14.0. The van der Waals surface area contributed by atoms with Gasteiger partial charge < -0.3 is 9.88 Å². The molecule has 3 heterocycles. The van der Waals surface area contributed by atoms with Crippen molar-refractivity contribution >= 4 is 62.8 Å². The number of benzene rings is 2. The van der Waals surface area contributed by atoms with E-state index in [9.17, 15) is 4.79 Å². The number of anilines is 2. The van der Waals surface area contributed by atoms with E-state index in [1.54, 1.807) is 18.2 Å². The number of nitrogens with zero attached hydrogens (tertiary/aromatic N) is 5. The molecular formula is C21H18Cl2N6O. The Kier molecular flexibility index (Phi) is 4.72. The molecule has 5 rings (SSSR count). The third-order valence-electron chi connectivity index (χ3n) is 5.39. The number of halogens is 2. The van der Waals surface area contributed by atoms with Gasteiger partial charge in [0.1, 0.15) is 12.1 Å². The highest BCUT2D eigenvalue weighted by Gasteiger charge is 2.23. The van der Waals surface area contributed by atoms with Crippen LogP contribution in [-0.2, 0) is 0 Å². The number of carbonyl (C=O) groups excluding carboxylic acids is 1. The average molecular weight is 441 g/mol. The van der Waals surface area contributed by atoms with Gasteiger partial charge in [0.2, 0.25) is 5.95 Å². The Hall–Kier alpha value is -2.90. The number of aromatic amines is 1. The van der Waals surface area contributed by atoms with Gasteiger partial charge in [0, 0.05) is 30.5 Å². The second-order valence-electron chi connectivity index (χ2n) is 7.33. The minimum atomic E-state index is -0.0536. The SMILES string of the molecule is CN(c1nc2cc(Cl)ccc2[nH]1)c1ncnc2cc(C(=O)N3CCCC3)c(Cl)cc12. The molecule has 30 heavy (non-hydrogen) atoms. The molecule has 0 spiro atoms. The number of amides is 1. The molecule has 1 aliphatic heterocycles. The monoisotopic (exact) mass is 440 g/mol. The van der Waals surface area contributed by atoms with E-state index in [1.807, 2.05) is 29.0 Å². The van der Waals surface area contributed by atoms with Gasteiger partial charge >= 0.3 is 0 Å². The van der Waals surface area contributed by atoms with E-state index in [4.69, 9.17) is 23.2 Å². The summed E-state index contributed by atoms with van der Waals surface area (Å²) < 4.78 is 0. The minimum absolute atomic E-state index is 0.0536. The molecule has 4 aromatic rings. The van der Waals surface area contributed by atoms with Gasteiger partial charge in [-0.15, -0.1) is 0 Å². The lowest BCUT2D eigenvalue weighted by Gasteiger charge is -2.19. The summed E-state index contributed by atoms with van der Waals surface area (Å²) in [6.45, 7) is 1.53. The van der Waals surface area contributed by atoms with Gasteiger partial charge in [0.15, 0.2) is 0 Å². The Morgan fingerprint density at radius 2 is 1.90 bits per heavy atom. The fourth-order valence-electron chi connectivity index (χ4n) is 3.81. The summed E-state index contributed by atoms with van der Waals surface area (Å²) in [5.74, 6) is 1.19. The summed E-state index contributed by atoms with van der Waals surface area (Å²) in [6, 6.07) is 9.00. The molecule has 0 radical (unpaired) electrons. The van der Waals surface area contributed by atoms with Crippen LogP contribution >= 0.6 is 23.2 Å². The van der Waals surface area contributed by atoms with Crippen LogP contribution in [0.5, 0.6) is 0 Å². The smallest absolute Gasteiger partial charge is 0.255 e. The molecule has 2 aromatic heterocycles. The van der Waals surface area contributed by atoms with Gasteiger partial charge in [-0.25, -0.2) is 15.0 Å². The Morgan fingerprint density at radius 3 is 2.70 bits per heavy atom. The lowest BCUT2D eigenvalue weighted by Crippen LogP contribution is -2.27. The van der Waals surface area contributed by atoms with Gasteiger partial charge in [-0.05, 0) is 43.2 Å². The molecule has 2 aromatic carbocycles. The van der Waals surface area contributed by atoms with Crippen molar-refractivity contribution in [2.45, 2.75) is 12.8 Å².